The predicted molar refractivity (Wildman–Crippen MR) is 38.7 cm³/mol. The number of rotatable bonds is 1. The van der Waals surface area contributed by atoms with Gasteiger partial charge in [0.15, 0.2) is 0 Å². The molecule has 0 unspecified atom stereocenters. The van der Waals surface area contributed by atoms with Gasteiger partial charge in [0.2, 0.25) is 0 Å². The summed E-state index contributed by atoms with van der Waals surface area (Å²) in [6, 6.07) is 0. The molecule has 3 heteroatoms. The van der Waals surface area contributed by atoms with Gasteiger partial charge in [0.25, 0.3) is 0 Å². The zero-order valence-electron chi connectivity index (χ0n) is 6.10. The number of hydrogen-bond acceptors (Lipinski definition) is 3. The van der Waals surface area contributed by atoms with Crippen LogP contribution in [0.25, 0.3) is 0 Å². The largest absolute Gasteiger partial charge is 0.372 e. The summed E-state index contributed by atoms with van der Waals surface area (Å²) in [5.74, 6) is 0.678. The van der Waals surface area contributed by atoms with Crippen LogP contribution in [0.15, 0.2) is 0 Å². The van der Waals surface area contributed by atoms with E-state index in [2.05, 4.69) is 5.32 Å². The van der Waals surface area contributed by atoms with Crippen LogP contribution in [0.5, 0.6) is 0 Å². The summed E-state index contributed by atoms with van der Waals surface area (Å²) in [5.41, 5.74) is 5.66. The average molecular weight is 142 g/mol. The molecule has 0 bridgehead atoms. The van der Waals surface area contributed by atoms with E-state index in [4.69, 9.17) is 10.5 Å². The minimum absolute atomic E-state index is 0.0139. The molecule has 0 aromatic carbocycles. The highest BCUT2D eigenvalue weighted by atomic mass is 16.5. The van der Waals surface area contributed by atoms with Crippen LogP contribution in [0, 0.1) is 5.92 Å². The number of nitrogens with one attached hydrogen (secondary N) is 1. The highest BCUT2D eigenvalue weighted by molar-refractivity contribution is 5.01. The van der Waals surface area contributed by atoms with Crippen LogP contribution in [0.1, 0.15) is 6.42 Å². The third-order valence-electron chi connectivity index (χ3n) is 2.76. The molecule has 2 heterocycles. The summed E-state index contributed by atoms with van der Waals surface area (Å²) in [5, 5.41) is 3.31. The Labute approximate surface area is 60.9 Å². The highest BCUT2D eigenvalue weighted by Crippen LogP contribution is 2.33. The lowest BCUT2D eigenvalue weighted by molar-refractivity contribution is 0.0111. The maximum absolute atomic E-state index is 5.64. The molecular formula is C7H14N2O. The van der Waals surface area contributed by atoms with Crippen molar-refractivity contribution in [1.29, 1.82) is 0 Å². The van der Waals surface area contributed by atoms with Gasteiger partial charge in [-0.3, -0.25) is 0 Å². The second kappa shape index (κ2) is 2.19. The van der Waals surface area contributed by atoms with Crippen molar-refractivity contribution in [3.8, 4) is 0 Å². The highest BCUT2D eigenvalue weighted by Gasteiger charge is 2.46. The molecule has 0 spiro atoms. The summed E-state index contributed by atoms with van der Waals surface area (Å²) in [6.45, 7) is 3.62. The third-order valence-corrected chi connectivity index (χ3v) is 2.76. The molecular weight excluding hydrogens is 128 g/mol. The first kappa shape index (κ1) is 6.58. The van der Waals surface area contributed by atoms with Gasteiger partial charge >= 0.3 is 0 Å². The van der Waals surface area contributed by atoms with Crippen LogP contribution in [-0.4, -0.2) is 31.8 Å². The van der Waals surface area contributed by atoms with Crippen LogP contribution in [0.2, 0.25) is 0 Å². The lowest BCUT2D eigenvalue weighted by Gasteiger charge is -2.24. The van der Waals surface area contributed by atoms with Gasteiger partial charge in [0.05, 0.1) is 5.60 Å². The van der Waals surface area contributed by atoms with Crippen LogP contribution >= 0.6 is 0 Å². The van der Waals surface area contributed by atoms with Gasteiger partial charge in [-0.15, -0.1) is 0 Å². The molecule has 10 heavy (non-hydrogen) atoms. The van der Waals surface area contributed by atoms with E-state index in [0.29, 0.717) is 12.5 Å². The summed E-state index contributed by atoms with van der Waals surface area (Å²) < 4.78 is 5.63. The van der Waals surface area contributed by atoms with E-state index in [1.807, 2.05) is 0 Å². The minimum atomic E-state index is 0.0139. The molecule has 0 aliphatic carbocycles. The summed E-state index contributed by atoms with van der Waals surface area (Å²) in [7, 11) is 0. The monoisotopic (exact) mass is 142 g/mol. The quantitative estimate of drug-likeness (QED) is 0.510. The van der Waals surface area contributed by atoms with Gasteiger partial charge in [-0.25, -0.2) is 0 Å². The van der Waals surface area contributed by atoms with E-state index in [-0.39, 0.29) is 5.60 Å². The van der Waals surface area contributed by atoms with Crippen LogP contribution in [0.3, 0.4) is 0 Å². The van der Waals surface area contributed by atoms with Crippen LogP contribution in [-0.2, 0) is 4.74 Å². The van der Waals surface area contributed by atoms with E-state index in [9.17, 15) is 0 Å². The molecule has 2 saturated heterocycles. The van der Waals surface area contributed by atoms with Crippen molar-refractivity contribution in [1.82, 2.24) is 5.32 Å². The Balaban J connectivity index is 2.15. The number of hydrogen-bond donors (Lipinski definition) is 2. The van der Waals surface area contributed by atoms with Crippen molar-refractivity contribution in [2.75, 3.05) is 26.2 Å². The van der Waals surface area contributed by atoms with Gasteiger partial charge in [-0.05, 0) is 6.42 Å². The standard InChI is InChI=1S/C7H14N2O/c8-4-7-5-9-3-6(7)1-2-10-7/h6,9H,1-5,8H2/t6-,7-/m0/s1. The van der Waals surface area contributed by atoms with Crippen LogP contribution < -0.4 is 11.1 Å². The lowest BCUT2D eigenvalue weighted by Crippen LogP contribution is -2.43. The molecule has 0 amide bonds. The number of nitrogens with two attached hydrogens (primary N) is 1. The second-order valence-electron chi connectivity index (χ2n) is 3.23. The Morgan fingerprint density at radius 2 is 2.60 bits per heavy atom. The molecule has 2 fully saturated rings. The molecule has 58 valence electrons. The molecule has 3 N–H and O–H groups in total. The number of fused-ring (bicyclic) bond motifs is 1. The fourth-order valence-electron chi connectivity index (χ4n) is 2.02. The SMILES string of the molecule is NC[C@]12CNC[C@@H]1CCO2. The molecule has 2 aliphatic heterocycles. The van der Waals surface area contributed by atoms with Crippen molar-refractivity contribution in [2.24, 2.45) is 11.7 Å². The van der Waals surface area contributed by atoms with Crippen molar-refractivity contribution in [2.45, 2.75) is 12.0 Å². The van der Waals surface area contributed by atoms with Gasteiger partial charge < -0.3 is 15.8 Å². The minimum Gasteiger partial charge on any atom is -0.372 e. The third kappa shape index (κ3) is 0.713. The Kier molecular flexibility index (Phi) is 1.44. The average Bonchev–Trinajstić information content (AvgIpc) is 2.42. The first-order valence-corrected chi connectivity index (χ1v) is 3.92. The molecule has 2 rings (SSSR count). The molecule has 0 saturated carbocycles. The maximum Gasteiger partial charge on any atom is 0.0968 e. The fourth-order valence-corrected chi connectivity index (χ4v) is 2.02. The first-order valence-electron chi connectivity index (χ1n) is 3.92. The van der Waals surface area contributed by atoms with E-state index in [1.54, 1.807) is 0 Å². The van der Waals surface area contributed by atoms with E-state index >= 15 is 0 Å². The zero-order valence-corrected chi connectivity index (χ0v) is 6.10. The Morgan fingerprint density at radius 3 is 3.30 bits per heavy atom. The summed E-state index contributed by atoms with van der Waals surface area (Å²) in [6.07, 6.45) is 1.18. The lowest BCUT2D eigenvalue weighted by atomic mass is 9.91. The second-order valence-corrected chi connectivity index (χ2v) is 3.23. The van der Waals surface area contributed by atoms with Gasteiger partial charge in [0.1, 0.15) is 0 Å². The van der Waals surface area contributed by atoms with E-state index in [1.165, 1.54) is 6.42 Å². The molecule has 0 radical (unpaired) electrons. The van der Waals surface area contributed by atoms with Gasteiger partial charge in [0, 0.05) is 32.2 Å². The predicted octanol–water partition coefficient (Wildman–Crippen LogP) is -0.676. The summed E-state index contributed by atoms with van der Waals surface area (Å²) >= 11 is 0. The molecule has 0 aromatic heterocycles. The zero-order chi connectivity index (χ0) is 7.03. The smallest absolute Gasteiger partial charge is 0.0968 e. The van der Waals surface area contributed by atoms with Crippen molar-refractivity contribution in [3.05, 3.63) is 0 Å². The van der Waals surface area contributed by atoms with Crippen LogP contribution in [0.4, 0.5) is 0 Å². The fraction of sp³-hybridized carbons (Fsp3) is 1.00. The first-order chi connectivity index (χ1) is 4.87. The van der Waals surface area contributed by atoms with Crippen molar-refractivity contribution in [3.63, 3.8) is 0 Å². The molecule has 2 aliphatic rings. The molecule has 3 nitrogen and oxygen atoms in total. The molecule has 0 aromatic rings. The molecule has 2 atom stereocenters. The van der Waals surface area contributed by atoms with E-state index < -0.39 is 0 Å². The normalized spacial score (nSPS) is 45.9. The Hall–Kier alpha value is -0.120. The number of ether oxygens (including phenoxy) is 1. The van der Waals surface area contributed by atoms with Crippen molar-refractivity contribution >= 4 is 0 Å². The van der Waals surface area contributed by atoms with E-state index in [0.717, 1.165) is 19.7 Å². The van der Waals surface area contributed by atoms with Gasteiger partial charge in [-0.2, -0.15) is 0 Å². The Morgan fingerprint density at radius 1 is 1.70 bits per heavy atom. The summed E-state index contributed by atoms with van der Waals surface area (Å²) in [4.78, 5) is 0. The van der Waals surface area contributed by atoms with Crippen molar-refractivity contribution < 1.29 is 4.74 Å². The Bertz CT molecular complexity index is 128. The van der Waals surface area contributed by atoms with Gasteiger partial charge in [-0.1, -0.05) is 0 Å². The maximum atomic E-state index is 5.64. The topological polar surface area (TPSA) is 47.3 Å².